The number of urea groups is 1. The van der Waals surface area contributed by atoms with Crippen molar-refractivity contribution in [1.82, 2.24) is 5.32 Å². The molecule has 3 rings (SSSR count). The lowest BCUT2D eigenvalue weighted by atomic mass is 10.1. The second-order valence-corrected chi connectivity index (χ2v) is 7.75. The van der Waals surface area contributed by atoms with Crippen LogP contribution in [0.25, 0.3) is 6.08 Å². The van der Waals surface area contributed by atoms with Gasteiger partial charge in [0.2, 0.25) is 0 Å². The van der Waals surface area contributed by atoms with Gasteiger partial charge in [-0.15, -0.1) is 0 Å². The van der Waals surface area contributed by atoms with E-state index in [0.29, 0.717) is 16.3 Å². The van der Waals surface area contributed by atoms with E-state index in [0.717, 1.165) is 11.3 Å². The molecule has 2 aromatic rings. The summed E-state index contributed by atoms with van der Waals surface area (Å²) in [5, 5.41) is 2.65. The van der Waals surface area contributed by atoms with Crippen LogP contribution < -0.4 is 15.0 Å². The van der Waals surface area contributed by atoms with Crippen molar-refractivity contribution in [3.63, 3.8) is 0 Å². The molecule has 1 atom stereocenters. The van der Waals surface area contributed by atoms with Crippen molar-refractivity contribution in [2.24, 2.45) is 0 Å². The molecule has 1 N–H and O–H groups in total. The second-order valence-electron chi connectivity index (χ2n) is 6.56. The molecule has 1 fully saturated rings. The number of benzene rings is 2. The standard InChI is InChI=1S/C21H17Cl3N2O4/c1-3-11(2)30-17-8-7-12(10-15(17)23)9-13-19(27)25-21(29)26(20(13)28)16-6-4-5-14(22)18(16)24/h4-11H,3H2,1-2H3,(H,25,27,29)/b13-9+/t11-/m0/s1. The molecule has 156 valence electrons. The number of barbiturate groups is 1. The van der Waals surface area contributed by atoms with Crippen molar-refractivity contribution < 1.29 is 19.1 Å². The minimum Gasteiger partial charge on any atom is -0.489 e. The van der Waals surface area contributed by atoms with Gasteiger partial charge in [0.05, 0.1) is 26.9 Å². The molecule has 1 heterocycles. The summed E-state index contributed by atoms with van der Waals surface area (Å²) < 4.78 is 5.72. The molecule has 6 nitrogen and oxygen atoms in total. The number of hydrogen-bond donors (Lipinski definition) is 1. The molecule has 0 radical (unpaired) electrons. The first-order chi connectivity index (χ1) is 14.2. The summed E-state index contributed by atoms with van der Waals surface area (Å²) in [5.74, 6) is -1.16. The topological polar surface area (TPSA) is 75.7 Å². The van der Waals surface area contributed by atoms with Crippen LogP contribution in [0, 0.1) is 0 Å². The number of hydrogen-bond acceptors (Lipinski definition) is 4. The Bertz CT molecular complexity index is 1070. The number of nitrogens with one attached hydrogen (secondary N) is 1. The van der Waals surface area contributed by atoms with Crippen LogP contribution in [0.5, 0.6) is 5.75 Å². The number of anilines is 1. The number of halogens is 3. The number of carbonyl (C=O) groups is 3. The normalized spacial score (nSPS) is 16.6. The summed E-state index contributed by atoms with van der Waals surface area (Å²) in [5.41, 5.74) is 0.305. The summed E-state index contributed by atoms with van der Waals surface area (Å²) in [4.78, 5) is 38.4. The monoisotopic (exact) mass is 466 g/mol. The van der Waals surface area contributed by atoms with E-state index in [1.165, 1.54) is 18.2 Å². The smallest absolute Gasteiger partial charge is 0.336 e. The van der Waals surface area contributed by atoms with Crippen LogP contribution in [-0.2, 0) is 9.59 Å². The quantitative estimate of drug-likeness (QED) is 0.466. The van der Waals surface area contributed by atoms with Gasteiger partial charge in [-0.25, -0.2) is 9.69 Å². The number of carbonyl (C=O) groups excluding carboxylic acids is 3. The van der Waals surface area contributed by atoms with E-state index in [1.54, 1.807) is 24.3 Å². The molecule has 0 aromatic heterocycles. The average Bonchev–Trinajstić information content (AvgIpc) is 2.70. The Hall–Kier alpha value is -2.54. The van der Waals surface area contributed by atoms with Crippen LogP contribution in [0.4, 0.5) is 10.5 Å². The largest absolute Gasteiger partial charge is 0.489 e. The molecule has 30 heavy (non-hydrogen) atoms. The first-order valence-electron chi connectivity index (χ1n) is 9.04. The molecule has 2 aromatic carbocycles. The van der Waals surface area contributed by atoms with E-state index in [1.807, 2.05) is 13.8 Å². The maximum atomic E-state index is 13.0. The predicted octanol–water partition coefficient (Wildman–Crippen LogP) is 5.49. The molecule has 1 aliphatic heterocycles. The van der Waals surface area contributed by atoms with Crippen LogP contribution in [0.2, 0.25) is 15.1 Å². The molecule has 9 heteroatoms. The zero-order valence-corrected chi connectivity index (χ0v) is 18.3. The number of rotatable bonds is 5. The van der Waals surface area contributed by atoms with Gasteiger partial charge in [-0.1, -0.05) is 53.9 Å². The van der Waals surface area contributed by atoms with Gasteiger partial charge in [-0.2, -0.15) is 0 Å². The van der Waals surface area contributed by atoms with Crippen LogP contribution >= 0.6 is 34.8 Å². The lowest BCUT2D eigenvalue weighted by Gasteiger charge is -2.27. The zero-order chi connectivity index (χ0) is 22.0. The summed E-state index contributed by atoms with van der Waals surface area (Å²) in [6.07, 6.45) is 2.14. The fourth-order valence-corrected chi connectivity index (χ4v) is 3.32. The third kappa shape index (κ3) is 4.46. The van der Waals surface area contributed by atoms with Gasteiger partial charge in [0, 0.05) is 0 Å². The summed E-state index contributed by atoms with van der Waals surface area (Å²) in [6.45, 7) is 3.91. The highest BCUT2D eigenvalue weighted by Gasteiger charge is 2.38. The maximum absolute atomic E-state index is 13.0. The first kappa shape index (κ1) is 22.2. The highest BCUT2D eigenvalue weighted by atomic mass is 35.5. The van der Waals surface area contributed by atoms with Crippen molar-refractivity contribution in [3.05, 3.63) is 62.6 Å². The predicted molar refractivity (Wildman–Crippen MR) is 117 cm³/mol. The molecule has 0 bridgehead atoms. The van der Waals surface area contributed by atoms with Crippen LogP contribution in [0.15, 0.2) is 42.0 Å². The number of nitrogens with zero attached hydrogens (tertiary/aromatic N) is 1. The Morgan fingerprint density at radius 1 is 1.10 bits per heavy atom. The highest BCUT2D eigenvalue weighted by Crippen LogP contribution is 2.34. The number of ether oxygens (including phenoxy) is 1. The van der Waals surface area contributed by atoms with Gasteiger partial charge in [0.1, 0.15) is 11.3 Å². The summed E-state index contributed by atoms with van der Waals surface area (Å²) in [7, 11) is 0. The van der Waals surface area contributed by atoms with E-state index in [2.05, 4.69) is 5.32 Å². The molecule has 0 spiro atoms. The molecule has 0 aliphatic carbocycles. The van der Waals surface area contributed by atoms with E-state index >= 15 is 0 Å². The Labute approximate surface area is 188 Å². The molecule has 1 saturated heterocycles. The zero-order valence-electron chi connectivity index (χ0n) is 16.0. The third-order valence-corrected chi connectivity index (χ3v) is 5.55. The van der Waals surface area contributed by atoms with Crippen LogP contribution in [-0.4, -0.2) is 23.9 Å². The SMILES string of the molecule is CC[C@H](C)Oc1ccc(/C=C2\C(=O)NC(=O)N(c3cccc(Cl)c3Cl)C2=O)cc1Cl. The van der Waals surface area contributed by atoms with Crippen molar-refractivity contribution in [3.8, 4) is 5.75 Å². The molecule has 4 amide bonds. The highest BCUT2D eigenvalue weighted by molar-refractivity contribution is 6.46. The first-order valence-corrected chi connectivity index (χ1v) is 10.2. The lowest BCUT2D eigenvalue weighted by molar-refractivity contribution is -0.122. The van der Waals surface area contributed by atoms with Gasteiger partial charge in [0.15, 0.2) is 0 Å². The van der Waals surface area contributed by atoms with Gasteiger partial charge < -0.3 is 4.74 Å². The molecule has 1 aliphatic rings. The third-order valence-electron chi connectivity index (χ3n) is 4.44. The minimum atomic E-state index is -0.915. The van der Waals surface area contributed by atoms with Crippen molar-refractivity contribution in [2.45, 2.75) is 26.4 Å². The Morgan fingerprint density at radius 2 is 1.83 bits per heavy atom. The van der Waals surface area contributed by atoms with Crippen molar-refractivity contribution in [1.29, 1.82) is 0 Å². The summed E-state index contributed by atoms with van der Waals surface area (Å²) in [6, 6.07) is 8.48. The molecular weight excluding hydrogens is 451 g/mol. The summed E-state index contributed by atoms with van der Waals surface area (Å²) >= 11 is 18.4. The fourth-order valence-electron chi connectivity index (χ4n) is 2.71. The second kappa shape index (κ2) is 9.08. The Morgan fingerprint density at radius 3 is 2.50 bits per heavy atom. The van der Waals surface area contributed by atoms with Crippen molar-refractivity contribution >= 4 is 64.4 Å². The van der Waals surface area contributed by atoms with E-state index in [-0.39, 0.29) is 27.4 Å². The molecule has 0 unspecified atom stereocenters. The molecular formula is C21H17Cl3N2O4. The van der Waals surface area contributed by atoms with Crippen molar-refractivity contribution in [2.75, 3.05) is 4.90 Å². The fraction of sp³-hybridized carbons (Fsp3) is 0.190. The Kier molecular flexibility index (Phi) is 6.71. The van der Waals surface area contributed by atoms with Crippen LogP contribution in [0.3, 0.4) is 0 Å². The van der Waals surface area contributed by atoms with Gasteiger partial charge in [-0.3, -0.25) is 14.9 Å². The van der Waals surface area contributed by atoms with E-state index < -0.39 is 17.8 Å². The maximum Gasteiger partial charge on any atom is 0.336 e. The Balaban J connectivity index is 1.97. The van der Waals surface area contributed by atoms with Crippen LogP contribution in [0.1, 0.15) is 25.8 Å². The number of imide groups is 2. The van der Waals surface area contributed by atoms with Gasteiger partial charge in [0.25, 0.3) is 11.8 Å². The van der Waals surface area contributed by atoms with Gasteiger partial charge >= 0.3 is 6.03 Å². The van der Waals surface area contributed by atoms with E-state index in [9.17, 15) is 14.4 Å². The number of amides is 4. The minimum absolute atomic E-state index is 0.0144. The van der Waals surface area contributed by atoms with E-state index in [4.69, 9.17) is 39.5 Å². The average molecular weight is 468 g/mol. The lowest BCUT2D eigenvalue weighted by Crippen LogP contribution is -2.54. The van der Waals surface area contributed by atoms with Gasteiger partial charge in [-0.05, 0) is 49.2 Å². The molecule has 0 saturated carbocycles.